The fraction of sp³-hybridized carbons (Fsp3) is 1.00. The fourth-order valence-electron chi connectivity index (χ4n) is 2.71. The van der Waals surface area contributed by atoms with Crippen molar-refractivity contribution in [2.24, 2.45) is 17.6 Å². The van der Waals surface area contributed by atoms with Gasteiger partial charge in [0.05, 0.1) is 11.0 Å². The van der Waals surface area contributed by atoms with Crippen LogP contribution in [0.4, 0.5) is 0 Å². The molecule has 4 heteroatoms. The highest BCUT2D eigenvalue weighted by atomic mass is 32.2. The van der Waals surface area contributed by atoms with Crippen LogP contribution in [0.2, 0.25) is 0 Å². The molecule has 0 spiro atoms. The molecular formula is C10H19NO2S. The molecule has 0 bridgehead atoms. The van der Waals surface area contributed by atoms with Gasteiger partial charge in [-0.1, -0.05) is 19.3 Å². The zero-order chi connectivity index (χ0) is 10.2. The molecule has 0 aromatic rings. The van der Waals surface area contributed by atoms with Crippen LogP contribution in [-0.2, 0) is 9.84 Å². The number of nitrogens with two attached hydrogens (primary N) is 1. The maximum atomic E-state index is 11.5. The molecule has 2 aliphatic rings. The Hall–Kier alpha value is -0.0900. The normalized spacial score (nSPS) is 33.1. The van der Waals surface area contributed by atoms with E-state index < -0.39 is 9.84 Å². The van der Waals surface area contributed by atoms with Gasteiger partial charge < -0.3 is 5.73 Å². The minimum absolute atomic E-state index is 0.0450. The van der Waals surface area contributed by atoms with Crippen molar-refractivity contribution < 1.29 is 8.42 Å². The zero-order valence-electron chi connectivity index (χ0n) is 8.48. The Morgan fingerprint density at radius 1 is 1.29 bits per heavy atom. The predicted molar refractivity (Wildman–Crippen MR) is 56.7 cm³/mol. The molecule has 2 N–H and O–H groups in total. The Labute approximate surface area is 86.0 Å². The van der Waals surface area contributed by atoms with Crippen molar-refractivity contribution in [3.8, 4) is 0 Å². The molecule has 0 aromatic carbocycles. The lowest BCUT2D eigenvalue weighted by atomic mass is 9.72. The van der Waals surface area contributed by atoms with Crippen LogP contribution >= 0.6 is 0 Å². The first kappa shape index (κ1) is 10.4. The van der Waals surface area contributed by atoms with Crippen molar-refractivity contribution in [2.45, 2.75) is 37.4 Å². The van der Waals surface area contributed by atoms with Gasteiger partial charge in [-0.3, -0.25) is 0 Å². The Balaban J connectivity index is 2.02. The van der Waals surface area contributed by atoms with Crippen molar-refractivity contribution in [1.82, 2.24) is 0 Å². The van der Waals surface area contributed by atoms with E-state index in [9.17, 15) is 8.42 Å². The summed E-state index contributed by atoms with van der Waals surface area (Å²) in [5, 5.41) is -0.0450. The van der Waals surface area contributed by atoms with Gasteiger partial charge in [0.15, 0.2) is 9.84 Å². The quantitative estimate of drug-likeness (QED) is 0.762. The standard InChI is InChI=1S/C10H19NO2S/c11-6-4-9(8-2-1-3-8)10-5-7-14(10,12)13/h8-10H,1-7,11H2. The molecule has 0 radical (unpaired) electrons. The van der Waals surface area contributed by atoms with E-state index in [0.717, 1.165) is 12.8 Å². The van der Waals surface area contributed by atoms with Gasteiger partial charge in [-0.25, -0.2) is 8.42 Å². The molecule has 1 saturated heterocycles. The van der Waals surface area contributed by atoms with E-state index in [4.69, 9.17) is 5.73 Å². The summed E-state index contributed by atoms with van der Waals surface area (Å²) in [6, 6.07) is 0. The van der Waals surface area contributed by atoms with Crippen molar-refractivity contribution in [1.29, 1.82) is 0 Å². The maximum absolute atomic E-state index is 11.5. The third-order valence-corrected chi connectivity index (χ3v) is 6.19. The zero-order valence-corrected chi connectivity index (χ0v) is 9.30. The summed E-state index contributed by atoms with van der Waals surface area (Å²) in [7, 11) is -2.72. The lowest BCUT2D eigenvalue weighted by Gasteiger charge is -2.42. The number of sulfone groups is 1. The molecule has 1 saturated carbocycles. The largest absolute Gasteiger partial charge is 0.330 e. The summed E-state index contributed by atoms with van der Waals surface area (Å²) in [6.07, 6.45) is 5.49. The first-order valence-corrected chi connectivity index (χ1v) is 7.28. The second kappa shape index (κ2) is 3.81. The Morgan fingerprint density at radius 2 is 2.00 bits per heavy atom. The summed E-state index contributed by atoms with van der Waals surface area (Å²) in [4.78, 5) is 0. The van der Waals surface area contributed by atoms with Crippen LogP contribution in [0.25, 0.3) is 0 Å². The molecule has 0 aromatic heterocycles. The molecule has 2 unspecified atom stereocenters. The fourth-order valence-corrected chi connectivity index (χ4v) is 4.50. The molecule has 1 aliphatic carbocycles. The minimum Gasteiger partial charge on any atom is -0.330 e. The molecule has 2 fully saturated rings. The van der Waals surface area contributed by atoms with Crippen molar-refractivity contribution >= 4 is 9.84 Å². The highest BCUT2D eigenvalue weighted by Crippen LogP contribution is 2.42. The molecule has 1 heterocycles. The van der Waals surface area contributed by atoms with Crippen LogP contribution in [0.1, 0.15) is 32.1 Å². The van der Waals surface area contributed by atoms with Crippen LogP contribution in [0.3, 0.4) is 0 Å². The molecule has 2 atom stereocenters. The Kier molecular flexibility index (Phi) is 2.84. The molecule has 3 nitrogen and oxygen atoms in total. The van der Waals surface area contributed by atoms with E-state index in [1.54, 1.807) is 0 Å². The number of hydrogen-bond acceptors (Lipinski definition) is 3. The highest BCUT2D eigenvalue weighted by molar-refractivity contribution is 7.93. The monoisotopic (exact) mass is 217 g/mol. The van der Waals surface area contributed by atoms with Crippen LogP contribution in [0.15, 0.2) is 0 Å². The number of rotatable bonds is 4. The van der Waals surface area contributed by atoms with Crippen molar-refractivity contribution in [3.63, 3.8) is 0 Å². The van der Waals surface area contributed by atoms with E-state index in [0.29, 0.717) is 24.1 Å². The van der Waals surface area contributed by atoms with Crippen LogP contribution in [0, 0.1) is 11.8 Å². The molecular weight excluding hydrogens is 198 g/mol. The van der Waals surface area contributed by atoms with E-state index >= 15 is 0 Å². The topological polar surface area (TPSA) is 60.2 Å². The first-order valence-electron chi connectivity index (χ1n) is 5.57. The maximum Gasteiger partial charge on any atom is 0.153 e. The second-order valence-corrected chi connectivity index (χ2v) is 6.97. The summed E-state index contributed by atoms with van der Waals surface area (Å²) in [5.74, 6) is 1.43. The van der Waals surface area contributed by atoms with Crippen LogP contribution < -0.4 is 5.73 Å². The van der Waals surface area contributed by atoms with Gasteiger partial charge in [0, 0.05) is 0 Å². The van der Waals surface area contributed by atoms with E-state index in [1.807, 2.05) is 0 Å². The minimum atomic E-state index is -2.72. The summed E-state index contributed by atoms with van der Waals surface area (Å²) >= 11 is 0. The van der Waals surface area contributed by atoms with Gasteiger partial charge in [0.1, 0.15) is 0 Å². The highest BCUT2D eigenvalue weighted by Gasteiger charge is 2.44. The SMILES string of the molecule is NCCC(C1CCC1)C1CCS1(=O)=O. The molecule has 1 aliphatic heterocycles. The summed E-state index contributed by atoms with van der Waals surface area (Å²) in [6.45, 7) is 0.632. The predicted octanol–water partition coefficient (Wildman–Crippen LogP) is 0.939. The molecule has 82 valence electrons. The lowest BCUT2D eigenvalue weighted by Crippen LogP contribution is -2.46. The average molecular weight is 217 g/mol. The van der Waals surface area contributed by atoms with Crippen LogP contribution in [0.5, 0.6) is 0 Å². The van der Waals surface area contributed by atoms with Gasteiger partial charge in [-0.2, -0.15) is 0 Å². The van der Waals surface area contributed by atoms with Gasteiger partial charge in [-0.15, -0.1) is 0 Å². The second-order valence-electron chi connectivity index (χ2n) is 4.63. The molecule has 14 heavy (non-hydrogen) atoms. The third-order valence-electron chi connectivity index (χ3n) is 3.88. The van der Waals surface area contributed by atoms with Gasteiger partial charge >= 0.3 is 0 Å². The van der Waals surface area contributed by atoms with Crippen molar-refractivity contribution in [3.05, 3.63) is 0 Å². The lowest BCUT2D eigenvalue weighted by molar-refractivity contribution is 0.183. The molecule has 0 amide bonds. The summed E-state index contributed by atoms with van der Waals surface area (Å²) in [5.41, 5.74) is 5.56. The van der Waals surface area contributed by atoms with Crippen LogP contribution in [-0.4, -0.2) is 26.0 Å². The Bertz CT molecular complexity index is 295. The molecule has 2 rings (SSSR count). The van der Waals surface area contributed by atoms with Gasteiger partial charge in [-0.05, 0) is 31.2 Å². The summed E-state index contributed by atoms with van der Waals surface area (Å²) < 4.78 is 23.1. The Morgan fingerprint density at radius 3 is 2.29 bits per heavy atom. The number of hydrogen-bond donors (Lipinski definition) is 1. The van der Waals surface area contributed by atoms with E-state index in [2.05, 4.69) is 0 Å². The van der Waals surface area contributed by atoms with E-state index in [1.165, 1.54) is 19.3 Å². The average Bonchev–Trinajstić information content (AvgIpc) is 2.00. The third kappa shape index (κ3) is 1.70. The first-order chi connectivity index (χ1) is 6.65. The van der Waals surface area contributed by atoms with Gasteiger partial charge in [0.25, 0.3) is 0 Å². The van der Waals surface area contributed by atoms with E-state index in [-0.39, 0.29) is 5.25 Å². The van der Waals surface area contributed by atoms with Gasteiger partial charge in [0.2, 0.25) is 0 Å². The van der Waals surface area contributed by atoms with Crippen molar-refractivity contribution in [2.75, 3.05) is 12.3 Å². The smallest absolute Gasteiger partial charge is 0.153 e.